The number of rotatable bonds is 7. The fourth-order valence-corrected chi connectivity index (χ4v) is 5.28. The summed E-state index contributed by atoms with van der Waals surface area (Å²) in [5, 5.41) is 4.27. The van der Waals surface area contributed by atoms with Crippen LogP contribution in [0.25, 0.3) is 22.2 Å². The molecule has 198 valence electrons. The van der Waals surface area contributed by atoms with Gasteiger partial charge < -0.3 is 9.15 Å². The minimum absolute atomic E-state index is 0.229. The molecule has 2 aromatic heterocycles. The van der Waals surface area contributed by atoms with E-state index in [1.165, 1.54) is 16.9 Å². The zero-order valence-corrected chi connectivity index (χ0v) is 23.6. The predicted molar refractivity (Wildman–Crippen MR) is 158 cm³/mol. The van der Waals surface area contributed by atoms with Crippen LogP contribution in [-0.2, 0) is 6.42 Å². The number of amides is 1. The van der Waals surface area contributed by atoms with Crippen LogP contribution in [0.3, 0.4) is 0 Å². The van der Waals surface area contributed by atoms with Gasteiger partial charge in [0.1, 0.15) is 16.9 Å². The highest BCUT2D eigenvalue weighted by atomic mass is 32.1. The normalized spacial score (nSPS) is 11.8. The van der Waals surface area contributed by atoms with Gasteiger partial charge in [-0.25, -0.2) is 9.98 Å². The quantitative estimate of drug-likeness (QED) is 0.228. The minimum atomic E-state index is -0.340. The lowest BCUT2D eigenvalue weighted by atomic mass is 10.0. The molecule has 2 heterocycles. The molecule has 0 unspecified atom stereocenters. The molecule has 0 aliphatic rings. The lowest BCUT2D eigenvalue weighted by Crippen LogP contribution is -2.21. The Morgan fingerprint density at radius 2 is 1.87 bits per heavy atom. The van der Waals surface area contributed by atoms with Gasteiger partial charge in [0.15, 0.2) is 5.13 Å². The van der Waals surface area contributed by atoms with E-state index >= 15 is 0 Å². The number of hydrogen-bond donors (Lipinski definition) is 1. The monoisotopic (exact) mass is 537 g/mol. The molecular weight excluding hydrogens is 506 g/mol. The van der Waals surface area contributed by atoms with Crippen molar-refractivity contribution < 1.29 is 13.9 Å². The maximum absolute atomic E-state index is 13.7. The van der Waals surface area contributed by atoms with Crippen LogP contribution in [0, 0.1) is 6.92 Å². The first-order valence-electron chi connectivity index (χ1n) is 13.0. The van der Waals surface area contributed by atoms with E-state index < -0.39 is 0 Å². The SMILES string of the molecule is CCc1sc(NC(=O)c2cc3cc(OC)ccc3oc2=Nc2cccc(C)c2)nc1-c1ccc(C(C)C)cc1. The average molecular weight is 538 g/mol. The van der Waals surface area contributed by atoms with Crippen LogP contribution in [0.2, 0.25) is 0 Å². The van der Waals surface area contributed by atoms with Gasteiger partial charge in [-0.2, -0.15) is 0 Å². The van der Waals surface area contributed by atoms with Crippen LogP contribution < -0.4 is 15.6 Å². The Balaban J connectivity index is 1.55. The molecule has 5 rings (SSSR count). The van der Waals surface area contributed by atoms with Crippen molar-refractivity contribution >= 4 is 39.0 Å². The number of ether oxygens (including phenoxy) is 1. The molecule has 7 heteroatoms. The van der Waals surface area contributed by atoms with Crippen molar-refractivity contribution in [1.29, 1.82) is 0 Å². The third kappa shape index (κ3) is 5.78. The number of benzene rings is 3. The number of aromatic nitrogens is 1. The standard InChI is InChI=1S/C32H31N3O3S/c1-6-28-29(22-12-10-21(11-13-22)19(2)3)34-32(39-28)35-30(36)26-18-23-17-25(37-5)14-15-27(23)38-31(26)33-24-9-7-8-20(4)16-24/h7-19H,6H2,1-5H3,(H,34,35,36). The number of anilines is 1. The largest absolute Gasteiger partial charge is 0.497 e. The van der Waals surface area contributed by atoms with Crippen molar-refractivity contribution in [3.8, 4) is 17.0 Å². The Morgan fingerprint density at radius 3 is 2.56 bits per heavy atom. The lowest BCUT2D eigenvalue weighted by Gasteiger charge is -2.07. The molecule has 0 aliphatic carbocycles. The third-order valence-electron chi connectivity index (χ3n) is 6.52. The summed E-state index contributed by atoms with van der Waals surface area (Å²) < 4.78 is 11.5. The van der Waals surface area contributed by atoms with Gasteiger partial charge in [0.25, 0.3) is 5.91 Å². The predicted octanol–water partition coefficient (Wildman–Crippen LogP) is 8.04. The smallest absolute Gasteiger partial charge is 0.262 e. The third-order valence-corrected chi connectivity index (χ3v) is 7.64. The fourth-order valence-electron chi connectivity index (χ4n) is 4.36. The van der Waals surface area contributed by atoms with E-state index in [0.29, 0.717) is 33.6 Å². The summed E-state index contributed by atoms with van der Waals surface area (Å²) in [6, 6.07) is 23.5. The number of nitrogens with zero attached hydrogens (tertiary/aromatic N) is 2. The molecule has 0 fully saturated rings. The Labute approximate surface area is 232 Å². The van der Waals surface area contributed by atoms with Gasteiger partial charge in [0, 0.05) is 15.8 Å². The first-order valence-corrected chi connectivity index (χ1v) is 13.8. The first-order chi connectivity index (χ1) is 18.8. The molecule has 0 spiro atoms. The molecular formula is C32H31N3O3S. The molecule has 1 N–H and O–H groups in total. The Bertz CT molecular complexity index is 1720. The molecule has 0 atom stereocenters. The minimum Gasteiger partial charge on any atom is -0.497 e. The van der Waals surface area contributed by atoms with Gasteiger partial charge in [-0.1, -0.05) is 57.2 Å². The van der Waals surface area contributed by atoms with Crippen LogP contribution in [0.5, 0.6) is 5.75 Å². The molecule has 0 radical (unpaired) electrons. The number of nitrogens with one attached hydrogen (secondary N) is 1. The summed E-state index contributed by atoms with van der Waals surface area (Å²) in [6.45, 7) is 8.45. The Morgan fingerprint density at radius 1 is 1.08 bits per heavy atom. The number of hydrogen-bond acceptors (Lipinski definition) is 6. The number of thiazole rings is 1. The molecule has 1 amide bonds. The second kappa shape index (κ2) is 11.3. The van der Waals surface area contributed by atoms with Crippen LogP contribution in [0.1, 0.15) is 53.1 Å². The van der Waals surface area contributed by atoms with Crippen molar-refractivity contribution in [3.63, 3.8) is 0 Å². The van der Waals surface area contributed by atoms with Crippen molar-refractivity contribution in [1.82, 2.24) is 4.98 Å². The molecule has 5 aromatic rings. The first kappa shape index (κ1) is 26.4. The number of fused-ring (bicyclic) bond motifs is 1. The summed E-state index contributed by atoms with van der Waals surface area (Å²) in [6.07, 6.45) is 0.813. The molecule has 0 aliphatic heterocycles. The van der Waals surface area contributed by atoms with E-state index in [1.807, 2.05) is 49.4 Å². The molecule has 0 saturated heterocycles. The van der Waals surface area contributed by atoms with Gasteiger partial charge in [0.2, 0.25) is 5.55 Å². The lowest BCUT2D eigenvalue weighted by molar-refractivity contribution is 0.102. The van der Waals surface area contributed by atoms with Gasteiger partial charge in [-0.05, 0) is 66.8 Å². The van der Waals surface area contributed by atoms with Crippen LogP contribution in [-0.4, -0.2) is 18.0 Å². The van der Waals surface area contributed by atoms with Crippen molar-refractivity contribution in [3.05, 3.63) is 99.9 Å². The highest BCUT2D eigenvalue weighted by Gasteiger charge is 2.18. The van der Waals surface area contributed by atoms with Crippen molar-refractivity contribution in [2.24, 2.45) is 4.99 Å². The van der Waals surface area contributed by atoms with Gasteiger partial charge >= 0.3 is 0 Å². The fraction of sp³-hybridized carbons (Fsp3) is 0.219. The second-order valence-electron chi connectivity index (χ2n) is 9.69. The van der Waals surface area contributed by atoms with Crippen LogP contribution in [0.4, 0.5) is 10.8 Å². The maximum Gasteiger partial charge on any atom is 0.262 e. The van der Waals surface area contributed by atoms with E-state index in [1.54, 1.807) is 13.2 Å². The number of carbonyl (C=O) groups is 1. The molecule has 39 heavy (non-hydrogen) atoms. The van der Waals surface area contributed by atoms with E-state index in [4.69, 9.17) is 19.1 Å². The Kier molecular flexibility index (Phi) is 7.61. The summed E-state index contributed by atoms with van der Waals surface area (Å²) in [7, 11) is 1.61. The summed E-state index contributed by atoms with van der Waals surface area (Å²) in [5.74, 6) is 0.794. The highest BCUT2D eigenvalue weighted by molar-refractivity contribution is 7.16. The van der Waals surface area contributed by atoms with Gasteiger partial charge in [-0.3, -0.25) is 10.1 Å². The van der Waals surface area contributed by atoms with E-state index in [0.717, 1.165) is 33.5 Å². The maximum atomic E-state index is 13.7. The molecule has 0 saturated carbocycles. The van der Waals surface area contributed by atoms with Crippen molar-refractivity contribution in [2.45, 2.75) is 40.0 Å². The van der Waals surface area contributed by atoms with Crippen LogP contribution in [0.15, 0.2) is 82.2 Å². The van der Waals surface area contributed by atoms with Crippen LogP contribution >= 0.6 is 11.3 Å². The molecule has 6 nitrogen and oxygen atoms in total. The summed E-state index contributed by atoms with van der Waals surface area (Å²) in [4.78, 5) is 24.3. The second-order valence-corrected chi connectivity index (χ2v) is 10.8. The summed E-state index contributed by atoms with van der Waals surface area (Å²) >= 11 is 1.49. The highest BCUT2D eigenvalue weighted by Crippen LogP contribution is 2.33. The van der Waals surface area contributed by atoms with Crippen molar-refractivity contribution in [2.75, 3.05) is 12.4 Å². The Hall–Kier alpha value is -4.23. The van der Waals surface area contributed by atoms with E-state index in [9.17, 15) is 4.79 Å². The summed E-state index contributed by atoms with van der Waals surface area (Å²) in [5.41, 5.74) is 6.13. The zero-order valence-electron chi connectivity index (χ0n) is 22.7. The average Bonchev–Trinajstić information content (AvgIpc) is 3.35. The molecule has 3 aromatic carbocycles. The van der Waals surface area contributed by atoms with E-state index in [2.05, 4.69) is 50.4 Å². The topological polar surface area (TPSA) is 76.7 Å². The number of carbonyl (C=O) groups excluding carboxylic acids is 1. The van der Waals surface area contributed by atoms with E-state index in [-0.39, 0.29) is 11.5 Å². The van der Waals surface area contributed by atoms with Gasteiger partial charge in [-0.15, -0.1) is 11.3 Å². The number of methoxy groups -OCH3 is 1. The number of aryl methyl sites for hydroxylation is 2. The zero-order chi connectivity index (χ0) is 27.5. The van der Waals surface area contributed by atoms with Gasteiger partial charge in [0.05, 0.1) is 18.5 Å². The molecule has 0 bridgehead atoms.